The van der Waals surface area contributed by atoms with E-state index in [1.54, 1.807) is 0 Å². The molecule has 1 nitrogen and oxygen atoms in total. The Hall–Kier alpha value is -0.550. The molecular weight excluding hydrogens is 165 g/mol. The summed E-state index contributed by atoms with van der Waals surface area (Å²) in [7, 11) is 0.793. The zero-order valence-electron chi connectivity index (χ0n) is 7.89. The summed E-state index contributed by atoms with van der Waals surface area (Å²) in [6.45, 7) is 6.57. The van der Waals surface area contributed by atoms with Crippen molar-refractivity contribution < 1.29 is 0 Å². The first-order chi connectivity index (χ1) is 5.65. The molecule has 1 unspecified atom stereocenters. The second kappa shape index (κ2) is 3.91. The van der Waals surface area contributed by atoms with E-state index < -0.39 is 0 Å². The lowest BCUT2D eigenvalue weighted by molar-refractivity contribution is 0.868. The Kier molecular flexibility index (Phi) is 3.11. The predicted molar refractivity (Wildman–Crippen MR) is 58.8 cm³/mol. The number of hydrogen-bond donors (Lipinski definition) is 1. The topological polar surface area (TPSA) is 26.0 Å². The standard InChI is InChI=1S/C10H16NP/c1-7(2)8-4-5-9(11)10(6-8)12-3/h4-7,12H,11H2,1-3H3. The maximum atomic E-state index is 5.81. The molecule has 0 heterocycles. The zero-order chi connectivity index (χ0) is 9.14. The van der Waals surface area contributed by atoms with Crippen molar-refractivity contribution in [1.82, 2.24) is 0 Å². The molecule has 0 aliphatic carbocycles. The van der Waals surface area contributed by atoms with Crippen LogP contribution in [0.25, 0.3) is 0 Å². The van der Waals surface area contributed by atoms with Crippen LogP contribution in [0.2, 0.25) is 0 Å². The van der Waals surface area contributed by atoms with Crippen molar-refractivity contribution in [3.8, 4) is 0 Å². The SMILES string of the molecule is CPc1cc(C(C)C)ccc1N. The van der Waals surface area contributed by atoms with Crippen molar-refractivity contribution in [3.05, 3.63) is 23.8 Å². The lowest BCUT2D eigenvalue weighted by atomic mass is 10.0. The van der Waals surface area contributed by atoms with Crippen LogP contribution in [0, 0.1) is 0 Å². The Morgan fingerprint density at radius 2 is 2.00 bits per heavy atom. The van der Waals surface area contributed by atoms with E-state index in [-0.39, 0.29) is 0 Å². The summed E-state index contributed by atoms with van der Waals surface area (Å²) in [5.74, 6) is 0.598. The number of nitrogens with two attached hydrogens (primary N) is 1. The highest BCUT2D eigenvalue weighted by Crippen LogP contribution is 2.18. The molecule has 1 aromatic carbocycles. The van der Waals surface area contributed by atoms with Crippen LogP contribution >= 0.6 is 8.58 Å². The molecule has 66 valence electrons. The van der Waals surface area contributed by atoms with Gasteiger partial charge in [0.25, 0.3) is 0 Å². The van der Waals surface area contributed by atoms with E-state index in [1.165, 1.54) is 10.9 Å². The lowest BCUT2D eigenvalue weighted by Gasteiger charge is -2.09. The Balaban J connectivity index is 3.05. The molecule has 0 spiro atoms. The minimum Gasteiger partial charge on any atom is -0.398 e. The smallest absolute Gasteiger partial charge is 0.0389 e. The predicted octanol–water partition coefficient (Wildman–Crippen LogP) is 2.33. The Bertz CT molecular complexity index is 269. The molecule has 0 saturated carbocycles. The highest BCUT2D eigenvalue weighted by molar-refractivity contribution is 7.46. The van der Waals surface area contributed by atoms with E-state index in [1.807, 2.05) is 6.07 Å². The maximum absolute atomic E-state index is 5.81. The molecule has 1 aromatic rings. The first-order valence-electron chi connectivity index (χ1n) is 4.22. The van der Waals surface area contributed by atoms with Gasteiger partial charge in [-0.25, -0.2) is 0 Å². The third-order valence-electron chi connectivity index (χ3n) is 2.01. The van der Waals surface area contributed by atoms with E-state index in [2.05, 4.69) is 32.6 Å². The van der Waals surface area contributed by atoms with E-state index >= 15 is 0 Å². The van der Waals surface area contributed by atoms with Gasteiger partial charge in [-0.1, -0.05) is 28.5 Å². The van der Waals surface area contributed by atoms with Crippen molar-refractivity contribution in [2.45, 2.75) is 19.8 Å². The summed E-state index contributed by atoms with van der Waals surface area (Å²) in [5, 5.41) is 1.29. The molecule has 0 saturated heterocycles. The van der Waals surface area contributed by atoms with E-state index in [9.17, 15) is 0 Å². The van der Waals surface area contributed by atoms with Gasteiger partial charge < -0.3 is 5.73 Å². The van der Waals surface area contributed by atoms with Crippen LogP contribution in [0.4, 0.5) is 5.69 Å². The minimum atomic E-state index is 0.598. The van der Waals surface area contributed by atoms with Gasteiger partial charge in [-0.15, -0.1) is 0 Å². The van der Waals surface area contributed by atoms with Crippen LogP contribution in [-0.4, -0.2) is 6.66 Å². The summed E-state index contributed by atoms with van der Waals surface area (Å²) in [4.78, 5) is 0. The maximum Gasteiger partial charge on any atom is 0.0389 e. The Labute approximate surface area is 76.1 Å². The molecular formula is C10H16NP. The van der Waals surface area contributed by atoms with Crippen molar-refractivity contribution in [3.63, 3.8) is 0 Å². The van der Waals surface area contributed by atoms with Crippen LogP contribution < -0.4 is 11.0 Å². The van der Waals surface area contributed by atoms with Crippen LogP contribution in [0.5, 0.6) is 0 Å². The van der Waals surface area contributed by atoms with Crippen LogP contribution in [0.3, 0.4) is 0 Å². The fourth-order valence-corrected chi connectivity index (χ4v) is 1.83. The van der Waals surface area contributed by atoms with Gasteiger partial charge in [-0.05, 0) is 35.6 Å². The average Bonchev–Trinajstić information content (AvgIpc) is 2.05. The second-order valence-electron chi connectivity index (χ2n) is 3.25. The highest BCUT2D eigenvalue weighted by atomic mass is 31.1. The van der Waals surface area contributed by atoms with E-state index in [0.717, 1.165) is 14.3 Å². The fraction of sp³-hybridized carbons (Fsp3) is 0.400. The summed E-state index contributed by atoms with van der Waals surface area (Å²) in [5.41, 5.74) is 8.12. The monoisotopic (exact) mass is 181 g/mol. The molecule has 1 atom stereocenters. The summed E-state index contributed by atoms with van der Waals surface area (Å²) in [6, 6.07) is 6.35. The fourth-order valence-electron chi connectivity index (χ4n) is 1.15. The average molecular weight is 181 g/mol. The van der Waals surface area contributed by atoms with Gasteiger partial charge in [0.2, 0.25) is 0 Å². The van der Waals surface area contributed by atoms with Crippen molar-refractivity contribution in [1.29, 1.82) is 0 Å². The number of anilines is 1. The largest absolute Gasteiger partial charge is 0.398 e. The molecule has 0 fully saturated rings. The number of benzene rings is 1. The van der Waals surface area contributed by atoms with Crippen LogP contribution in [-0.2, 0) is 0 Å². The van der Waals surface area contributed by atoms with Gasteiger partial charge in [0.15, 0.2) is 0 Å². The van der Waals surface area contributed by atoms with Crippen molar-refractivity contribution in [2.75, 3.05) is 12.4 Å². The van der Waals surface area contributed by atoms with Crippen LogP contribution in [0.1, 0.15) is 25.3 Å². The molecule has 0 aliphatic heterocycles. The van der Waals surface area contributed by atoms with E-state index in [4.69, 9.17) is 5.73 Å². The molecule has 0 bridgehead atoms. The second-order valence-corrected chi connectivity index (χ2v) is 4.29. The van der Waals surface area contributed by atoms with Gasteiger partial charge in [0, 0.05) is 5.69 Å². The molecule has 12 heavy (non-hydrogen) atoms. The Morgan fingerprint density at radius 3 is 2.50 bits per heavy atom. The number of rotatable bonds is 2. The molecule has 2 heteroatoms. The van der Waals surface area contributed by atoms with Gasteiger partial charge in [-0.3, -0.25) is 0 Å². The van der Waals surface area contributed by atoms with Crippen molar-refractivity contribution in [2.24, 2.45) is 0 Å². The van der Waals surface area contributed by atoms with Gasteiger partial charge in [0.05, 0.1) is 0 Å². The molecule has 0 aromatic heterocycles. The van der Waals surface area contributed by atoms with Gasteiger partial charge in [-0.2, -0.15) is 0 Å². The first kappa shape index (κ1) is 9.54. The number of nitrogen functional groups attached to an aromatic ring is 1. The lowest BCUT2D eigenvalue weighted by Crippen LogP contribution is -2.05. The summed E-state index contributed by atoms with van der Waals surface area (Å²) in [6.07, 6.45) is 0. The molecule has 0 amide bonds. The quantitative estimate of drug-likeness (QED) is 0.550. The van der Waals surface area contributed by atoms with E-state index in [0.29, 0.717) is 5.92 Å². The minimum absolute atomic E-state index is 0.598. The highest BCUT2D eigenvalue weighted by Gasteiger charge is 2.01. The third-order valence-corrected chi connectivity index (χ3v) is 2.99. The van der Waals surface area contributed by atoms with Gasteiger partial charge in [0.1, 0.15) is 0 Å². The molecule has 2 N–H and O–H groups in total. The number of hydrogen-bond acceptors (Lipinski definition) is 1. The normalized spacial score (nSPS) is 11.7. The van der Waals surface area contributed by atoms with Crippen LogP contribution in [0.15, 0.2) is 18.2 Å². The third kappa shape index (κ3) is 1.98. The zero-order valence-corrected chi connectivity index (χ0v) is 8.89. The Morgan fingerprint density at radius 1 is 1.33 bits per heavy atom. The summed E-state index contributed by atoms with van der Waals surface area (Å²) >= 11 is 0. The van der Waals surface area contributed by atoms with Crippen molar-refractivity contribution >= 4 is 19.6 Å². The molecule has 0 radical (unpaired) electrons. The molecule has 1 rings (SSSR count). The first-order valence-corrected chi connectivity index (χ1v) is 5.72. The summed E-state index contributed by atoms with van der Waals surface area (Å²) < 4.78 is 0. The molecule has 0 aliphatic rings. The van der Waals surface area contributed by atoms with Gasteiger partial charge >= 0.3 is 0 Å².